The van der Waals surface area contributed by atoms with Gasteiger partial charge in [0.25, 0.3) is 5.56 Å². The van der Waals surface area contributed by atoms with Crippen LogP contribution in [0.15, 0.2) is 29.1 Å². The molecule has 3 N–H and O–H groups in total. The van der Waals surface area contributed by atoms with Crippen molar-refractivity contribution in [1.29, 1.82) is 0 Å². The maximum atomic E-state index is 13.8. The lowest BCUT2D eigenvalue weighted by Gasteiger charge is -2.39. The number of rotatable bonds is 10. The number of nitrogens with one attached hydrogen (secondary N) is 1. The molecule has 11 heteroatoms. The Labute approximate surface area is 258 Å². The second-order valence-electron chi connectivity index (χ2n) is 13.5. The first-order valence-electron chi connectivity index (χ1n) is 15.4. The number of hydrogen-bond donors (Lipinski definition) is 3. The molecule has 0 fully saturated rings. The highest BCUT2D eigenvalue weighted by atomic mass is 28.3. The van der Waals surface area contributed by atoms with Crippen LogP contribution in [0.25, 0.3) is 22.3 Å². The molecule has 236 valence electrons. The molecule has 0 aliphatic carbocycles. The van der Waals surface area contributed by atoms with E-state index in [9.17, 15) is 19.5 Å². The standard InChI is InChI=1S/C33H43N3O7Si/c1-7-33(40)24-17-26-28-22(18-36(26)30(38)23(24)19-43-31(33)39)29(44(5,6)32(2,3)4)21-16-20(13-14-25(21)34-28)42-15-11-9-8-10-12-27(37)35-41/h13-14,16-17,40-41H,7-12,15,18-19H2,1-6H3,(H,35,37)/t33-/m0/s1. The van der Waals surface area contributed by atoms with Gasteiger partial charge in [-0.2, -0.15) is 0 Å². The molecule has 10 nitrogen and oxygen atoms in total. The third kappa shape index (κ3) is 5.35. The van der Waals surface area contributed by atoms with Gasteiger partial charge >= 0.3 is 5.97 Å². The number of fused-ring (bicyclic) bond motifs is 5. The van der Waals surface area contributed by atoms with Gasteiger partial charge in [0.05, 0.1) is 43.7 Å². The highest BCUT2D eigenvalue weighted by molar-refractivity contribution is 6.94. The number of carbonyl (C=O) groups is 2. The lowest BCUT2D eigenvalue weighted by Crippen LogP contribution is -2.51. The Hall–Kier alpha value is -3.54. The number of unbranched alkanes of at least 4 members (excludes halogenated alkanes) is 3. The molecule has 0 radical (unpaired) electrons. The second-order valence-corrected chi connectivity index (χ2v) is 18.8. The van der Waals surface area contributed by atoms with Crippen molar-refractivity contribution in [2.75, 3.05) is 6.61 Å². The van der Waals surface area contributed by atoms with E-state index in [1.165, 1.54) is 5.19 Å². The SMILES string of the molecule is CC[C@@]1(O)C(=O)OCc2c1cc1n(c2=O)Cc2c-1nc1ccc(OCCCCCCC(=O)NO)cc1c2[Si](C)(C)C(C)(C)C. The van der Waals surface area contributed by atoms with Gasteiger partial charge in [0.15, 0.2) is 5.60 Å². The van der Waals surface area contributed by atoms with Gasteiger partial charge in [-0.1, -0.05) is 53.6 Å². The predicted octanol–water partition coefficient (Wildman–Crippen LogP) is 4.63. The zero-order valence-corrected chi connectivity index (χ0v) is 27.5. The van der Waals surface area contributed by atoms with Crippen molar-refractivity contribution in [3.63, 3.8) is 0 Å². The van der Waals surface area contributed by atoms with Crippen molar-refractivity contribution >= 4 is 36.0 Å². The highest BCUT2D eigenvalue weighted by Crippen LogP contribution is 2.43. The Kier molecular flexibility index (Phi) is 8.51. The molecule has 44 heavy (non-hydrogen) atoms. The van der Waals surface area contributed by atoms with E-state index in [-0.39, 0.29) is 29.5 Å². The summed E-state index contributed by atoms with van der Waals surface area (Å²) in [4.78, 5) is 42.7. The summed E-state index contributed by atoms with van der Waals surface area (Å²) >= 11 is 0. The number of amides is 1. The molecule has 2 aliphatic heterocycles. The average Bonchev–Trinajstić information content (AvgIpc) is 3.34. The van der Waals surface area contributed by atoms with E-state index in [1.54, 1.807) is 23.0 Å². The number of ether oxygens (including phenoxy) is 2. The van der Waals surface area contributed by atoms with Crippen molar-refractivity contribution in [3.05, 3.63) is 51.3 Å². The van der Waals surface area contributed by atoms with Crippen LogP contribution >= 0.6 is 0 Å². The molecule has 3 aromatic rings. The quantitative estimate of drug-likeness (QED) is 0.0766. The molecule has 2 aliphatic rings. The van der Waals surface area contributed by atoms with Gasteiger partial charge < -0.3 is 19.1 Å². The van der Waals surface area contributed by atoms with E-state index in [4.69, 9.17) is 19.7 Å². The summed E-state index contributed by atoms with van der Waals surface area (Å²) in [7, 11) is -2.21. The number of aliphatic hydroxyl groups is 1. The number of hydrogen-bond acceptors (Lipinski definition) is 8. The molecular formula is C33H43N3O7Si. The molecule has 0 saturated carbocycles. The fourth-order valence-corrected chi connectivity index (χ4v) is 8.80. The maximum Gasteiger partial charge on any atom is 0.343 e. The third-order valence-electron chi connectivity index (χ3n) is 9.85. The summed E-state index contributed by atoms with van der Waals surface area (Å²) in [6.45, 7) is 13.9. The van der Waals surface area contributed by atoms with Gasteiger partial charge in [0.2, 0.25) is 5.91 Å². The number of benzene rings is 1. The number of aromatic nitrogens is 2. The van der Waals surface area contributed by atoms with Crippen LogP contribution in [0.2, 0.25) is 18.1 Å². The number of nitrogens with zero attached hydrogens (tertiary/aromatic N) is 2. The van der Waals surface area contributed by atoms with Gasteiger partial charge in [-0.05, 0) is 59.3 Å². The number of carbonyl (C=O) groups excluding carboxylic acids is 2. The summed E-state index contributed by atoms with van der Waals surface area (Å²) < 4.78 is 13.1. The summed E-state index contributed by atoms with van der Waals surface area (Å²) in [6.07, 6.45) is 3.75. The monoisotopic (exact) mass is 621 g/mol. The Morgan fingerprint density at radius 2 is 1.86 bits per heavy atom. The van der Waals surface area contributed by atoms with Crippen LogP contribution in [0.4, 0.5) is 0 Å². The Morgan fingerprint density at radius 3 is 2.55 bits per heavy atom. The van der Waals surface area contributed by atoms with Crippen LogP contribution in [0.1, 0.15) is 82.9 Å². The third-order valence-corrected chi connectivity index (χ3v) is 15.4. The van der Waals surface area contributed by atoms with Gasteiger partial charge in [-0.3, -0.25) is 14.8 Å². The van der Waals surface area contributed by atoms with Crippen LogP contribution in [0.3, 0.4) is 0 Å². The summed E-state index contributed by atoms with van der Waals surface area (Å²) in [5.41, 5.74) is 3.32. The molecule has 4 heterocycles. The van der Waals surface area contributed by atoms with Gasteiger partial charge in [-0.25, -0.2) is 15.3 Å². The maximum absolute atomic E-state index is 13.8. The van der Waals surface area contributed by atoms with E-state index < -0.39 is 19.6 Å². The minimum atomic E-state index is -2.21. The molecular weight excluding hydrogens is 578 g/mol. The van der Waals surface area contributed by atoms with Crippen molar-refractivity contribution in [2.24, 2.45) is 0 Å². The largest absolute Gasteiger partial charge is 0.494 e. The normalized spacial score (nSPS) is 17.6. The van der Waals surface area contributed by atoms with E-state index in [1.807, 2.05) is 12.1 Å². The van der Waals surface area contributed by atoms with E-state index >= 15 is 0 Å². The molecule has 1 atom stereocenters. The summed E-state index contributed by atoms with van der Waals surface area (Å²) in [6, 6.07) is 7.73. The molecule has 0 spiro atoms. The average molecular weight is 622 g/mol. The highest BCUT2D eigenvalue weighted by Gasteiger charge is 2.47. The molecule has 0 unspecified atom stereocenters. The van der Waals surface area contributed by atoms with E-state index in [0.717, 1.165) is 47.2 Å². The smallest absolute Gasteiger partial charge is 0.343 e. The van der Waals surface area contributed by atoms with Gasteiger partial charge in [0.1, 0.15) is 12.4 Å². The fraction of sp³-hybridized carbons (Fsp3) is 0.515. The zero-order chi connectivity index (χ0) is 32.0. The first-order chi connectivity index (χ1) is 20.7. The Balaban J connectivity index is 1.55. The van der Waals surface area contributed by atoms with Crippen LogP contribution in [-0.4, -0.2) is 46.4 Å². The molecule has 0 bridgehead atoms. The van der Waals surface area contributed by atoms with Gasteiger partial charge in [0, 0.05) is 17.4 Å². The summed E-state index contributed by atoms with van der Waals surface area (Å²) in [5, 5.41) is 22.2. The van der Waals surface area contributed by atoms with E-state index in [0.29, 0.717) is 42.8 Å². The molecule has 1 aromatic carbocycles. The minimum absolute atomic E-state index is 0.0134. The first kappa shape index (κ1) is 31.9. The van der Waals surface area contributed by atoms with Crippen LogP contribution < -0.4 is 21.0 Å². The van der Waals surface area contributed by atoms with Crippen molar-refractivity contribution in [3.8, 4) is 17.1 Å². The Morgan fingerprint density at radius 1 is 1.14 bits per heavy atom. The Bertz CT molecular complexity index is 1690. The predicted molar refractivity (Wildman–Crippen MR) is 170 cm³/mol. The topological polar surface area (TPSA) is 140 Å². The van der Waals surface area contributed by atoms with Crippen LogP contribution in [-0.2, 0) is 33.1 Å². The molecule has 2 aromatic heterocycles. The molecule has 0 saturated heterocycles. The van der Waals surface area contributed by atoms with Gasteiger partial charge in [-0.15, -0.1) is 0 Å². The van der Waals surface area contributed by atoms with Crippen molar-refractivity contribution < 1.29 is 29.4 Å². The number of cyclic esters (lactones) is 1. The zero-order valence-electron chi connectivity index (χ0n) is 26.5. The first-order valence-corrected chi connectivity index (χ1v) is 18.4. The number of hydroxylamine groups is 1. The molecule has 5 rings (SSSR count). The number of pyridine rings is 2. The molecule has 1 amide bonds. The lowest BCUT2D eigenvalue weighted by molar-refractivity contribution is -0.172. The minimum Gasteiger partial charge on any atom is -0.494 e. The second kappa shape index (κ2) is 11.8. The van der Waals surface area contributed by atoms with Crippen LogP contribution in [0.5, 0.6) is 5.75 Å². The summed E-state index contributed by atoms with van der Waals surface area (Å²) in [5.74, 6) is -0.343. The van der Waals surface area contributed by atoms with Crippen molar-refractivity contribution in [1.82, 2.24) is 15.0 Å². The van der Waals surface area contributed by atoms with Crippen molar-refractivity contribution in [2.45, 2.75) is 103 Å². The lowest BCUT2D eigenvalue weighted by atomic mass is 9.86. The van der Waals surface area contributed by atoms with Crippen LogP contribution in [0, 0.1) is 0 Å². The number of esters is 1. The van der Waals surface area contributed by atoms with E-state index in [2.05, 4.69) is 39.9 Å². The fourth-order valence-electron chi connectivity index (χ4n) is 6.22.